The molecule has 0 aromatic carbocycles. The minimum Gasteiger partial charge on any atom is -0.622 e. The summed E-state index contributed by atoms with van der Waals surface area (Å²) >= 11 is 0. The highest BCUT2D eigenvalue weighted by Gasteiger charge is 2.44. The highest BCUT2D eigenvalue weighted by Crippen LogP contribution is 2.32. The maximum Gasteiger partial charge on any atom is 0.517 e. The maximum absolute atomic E-state index is 12.6. The van der Waals surface area contributed by atoms with Gasteiger partial charge in [0.1, 0.15) is 5.60 Å². The summed E-state index contributed by atoms with van der Waals surface area (Å²) in [6.07, 6.45) is 1.99. The molecule has 1 saturated heterocycles. The Morgan fingerprint density at radius 3 is 2.06 bits per heavy atom. The molecule has 4 nitrogen and oxygen atoms in total. The smallest absolute Gasteiger partial charge is 0.517 e. The average molecular weight is 229 g/mol. The number of likely N-dealkylation sites (tertiary alicyclic amines) is 1. The van der Waals surface area contributed by atoms with Crippen LogP contribution in [0.4, 0.5) is 4.79 Å². The maximum atomic E-state index is 12.6. The minimum atomic E-state index is -0.822. The van der Waals surface area contributed by atoms with Crippen molar-refractivity contribution >= 4 is 6.09 Å². The molecule has 0 radical (unpaired) electrons. The van der Waals surface area contributed by atoms with Crippen LogP contribution in [0.1, 0.15) is 53.9 Å². The van der Waals surface area contributed by atoms with Gasteiger partial charge in [-0.25, -0.2) is 0 Å². The molecule has 1 rings (SSSR count). The third-order valence-electron chi connectivity index (χ3n) is 3.23. The van der Waals surface area contributed by atoms with Crippen molar-refractivity contribution in [3.05, 3.63) is 5.21 Å². The largest absolute Gasteiger partial charge is 0.622 e. The normalized spacial score (nSPS) is 35.9. The summed E-state index contributed by atoms with van der Waals surface area (Å²) in [4.78, 5) is 12.0. The molecule has 0 N–H and O–H groups in total. The molecule has 2 atom stereocenters. The number of carbonyl (C=O) groups excluding carboxylic acids is 1. The second kappa shape index (κ2) is 4.34. The molecule has 0 bridgehead atoms. The lowest BCUT2D eigenvalue weighted by molar-refractivity contribution is -0.863. The Morgan fingerprint density at radius 1 is 1.25 bits per heavy atom. The third kappa shape index (κ3) is 2.55. The number of hydrogen-bond donors (Lipinski definition) is 0. The van der Waals surface area contributed by atoms with Crippen molar-refractivity contribution < 1.29 is 14.2 Å². The molecule has 4 heteroatoms. The monoisotopic (exact) mass is 229 g/mol. The summed E-state index contributed by atoms with van der Waals surface area (Å²) in [6.45, 7) is 9.04. The molecule has 0 aromatic heterocycles. The predicted octanol–water partition coefficient (Wildman–Crippen LogP) is 3.20. The van der Waals surface area contributed by atoms with Gasteiger partial charge in [-0.05, 0) is 41.0 Å². The lowest BCUT2D eigenvalue weighted by Crippen LogP contribution is -2.62. The van der Waals surface area contributed by atoms with Gasteiger partial charge in [0.2, 0.25) is 0 Å². The van der Waals surface area contributed by atoms with Crippen LogP contribution in [0.3, 0.4) is 0 Å². The number of piperidine rings is 1. The van der Waals surface area contributed by atoms with Crippen LogP contribution in [-0.2, 0) is 4.74 Å². The van der Waals surface area contributed by atoms with E-state index in [1.54, 1.807) is 20.8 Å². The van der Waals surface area contributed by atoms with Crippen molar-refractivity contribution in [3.8, 4) is 0 Å². The van der Waals surface area contributed by atoms with Crippen LogP contribution in [0.2, 0.25) is 0 Å². The summed E-state index contributed by atoms with van der Waals surface area (Å²) in [5.74, 6) is 0. The molecule has 0 saturated carbocycles. The molecule has 1 aliphatic rings. The van der Waals surface area contributed by atoms with E-state index in [4.69, 9.17) is 4.74 Å². The van der Waals surface area contributed by atoms with Crippen LogP contribution in [0, 0.1) is 5.21 Å². The number of hydroxylamine groups is 3. The van der Waals surface area contributed by atoms with Crippen LogP contribution in [-0.4, -0.2) is 28.4 Å². The fourth-order valence-corrected chi connectivity index (χ4v) is 2.22. The molecule has 1 amide bonds. The van der Waals surface area contributed by atoms with Gasteiger partial charge in [-0.15, -0.1) is 0 Å². The van der Waals surface area contributed by atoms with E-state index >= 15 is 0 Å². The van der Waals surface area contributed by atoms with Gasteiger partial charge in [0.05, 0.1) is 12.1 Å². The van der Waals surface area contributed by atoms with Crippen LogP contribution in [0.25, 0.3) is 0 Å². The predicted molar refractivity (Wildman–Crippen MR) is 62.6 cm³/mol. The van der Waals surface area contributed by atoms with Crippen molar-refractivity contribution in [1.29, 1.82) is 0 Å². The highest BCUT2D eigenvalue weighted by molar-refractivity contribution is 5.61. The van der Waals surface area contributed by atoms with Crippen LogP contribution < -0.4 is 0 Å². The first-order chi connectivity index (χ1) is 7.18. The zero-order chi connectivity index (χ0) is 12.6. The molecule has 0 aliphatic carbocycles. The Hall–Kier alpha value is -0.610. The summed E-state index contributed by atoms with van der Waals surface area (Å²) in [7, 11) is 0. The van der Waals surface area contributed by atoms with Gasteiger partial charge in [0, 0.05) is 12.8 Å². The van der Waals surface area contributed by atoms with E-state index in [0.29, 0.717) is 0 Å². The first-order valence-corrected chi connectivity index (χ1v) is 6.01. The number of quaternary nitrogens is 1. The van der Waals surface area contributed by atoms with Gasteiger partial charge in [-0.1, -0.05) is 0 Å². The van der Waals surface area contributed by atoms with Crippen molar-refractivity contribution in [2.24, 2.45) is 0 Å². The van der Waals surface area contributed by atoms with E-state index in [9.17, 15) is 10.0 Å². The number of amides is 1. The average Bonchev–Trinajstić information content (AvgIpc) is 2.11. The molecular formula is C12H23NO3. The van der Waals surface area contributed by atoms with Gasteiger partial charge in [0.15, 0.2) is 0 Å². The van der Waals surface area contributed by atoms with E-state index in [-0.39, 0.29) is 12.1 Å². The topological polar surface area (TPSA) is 49.4 Å². The van der Waals surface area contributed by atoms with E-state index in [1.165, 1.54) is 0 Å². The molecule has 1 heterocycles. The molecule has 0 aromatic rings. The van der Waals surface area contributed by atoms with Gasteiger partial charge in [-0.3, -0.25) is 4.65 Å². The Kier molecular flexibility index (Phi) is 3.65. The number of ether oxygens (including phenoxy) is 1. The zero-order valence-corrected chi connectivity index (χ0v) is 10.9. The summed E-state index contributed by atoms with van der Waals surface area (Å²) in [5.41, 5.74) is -0.594. The first-order valence-electron chi connectivity index (χ1n) is 6.01. The van der Waals surface area contributed by atoms with E-state index in [1.807, 2.05) is 13.8 Å². The third-order valence-corrected chi connectivity index (χ3v) is 3.23. The lowest BCUT2D eigenvalue weighted by atomic mass is 9.97. The molecule has 1 aliphatic heterocycles. The Labute approximate surface area is 97.7 Å². The van der Waals surface area contributed by atoms with E-state index in [0.717, 1.165) is 19.3 Å². The number of nitrogens with zero attached hydrogens (tertiary/aromatic N) is 1. The fraction of sp³-hybridized carbons (Fsp3) is 0.917. The van der Waals surface area contributed by atoms with Crippen molar-refractivity contribution in [3.63, 3.8) is 0 Å². The highest BCUT2D eigenvalue weighted by atomic mass is 16.7. The fourth-order valence-electron chi connectivity index (χ4n) is 2.22. The molecule has 94 valence electrons. The standard InChI is InChI=1S/C12H23NO3/c1-9-7-6-8-10(2)13(9,15)11(14)16-12(3,4)5/h9-10H,6-8H2,1-5H3. The van der Waals surface area contributed by atoms with Crippen molar-refractivity contribution in [2.45, 2.75) is 71.6 Å². The Balaban J connectivity index is 2.85. The minimum absolute atomic E-state index is 0.196. The number of carbonyl (C=O) groups is 1. The lowest BCUT2D eigenvalue weighted by Gasteiger charge is -2.50. The number of rotatable bonds is 0. The first kappa shape index (κ1) is 13.5. The van der Waals surface area contributed by atoms with Crippen LogP contribution in [0.5, 0.6) is 0 Å². The van der Waals surface area contributed by atoms with Gasteiger partial charge in [-0.2, -0.15) is 4.79 Å². The summed E-state index contributed by atoms with van der Waals surface area (Å²) in [6, 6.07) is -0.391. The van der Waals surface area contributed by atoms with Gasteiger partial charge >= 0.3 is 6.09 Å². The second-order valence-electron chi connectivity index (χ2n) is 5.82. The molecule has 1 fully saturated rings. The van der Waals surface area contributed by atoms with Crippen LogP contribution >= 0.6 is 0 Å². The summed E-state index contributed by atoms with van der Waals surface area (Å²) < 4.78 is 4.42. The Morgan fingerprint density at radius 2 is 1.69 bits per heavy atom. The second-order valence-corrected chi connectivity index (χ2v) is 5.82. The van der Waals surface area contributed by atoms with Gasteiger partial charge in [0.25, 0.3) is 0 Å². The zero-order valence-electron chi connectivity index (χ0n) is 10.9. The molecule has 0 spiro atoms. The number of hydrogen-bond acceptors (Lipinski definition) is 3. The van der Waals surface area contributed by atoms with Crippen molar-refractivity contribution in [1.82, 2.24) is 0 Å². The van der Waals surface area contributed by atoms with E-state index in [2.05, 4.69) is 0 Å². The van der Waals surface area contributed by atoms with Crippen LogP contribution in [0.15, 0.2) is 0 Å². The Bertz CT molecular complexity index is 260. The van der Waals surface area contributed by atoms with E-state index < -0.39 is 16.3 Å². The SMILES string of the molecule is CC1CCCC(C)[N+]1([O-])C(=O)OC(C)(C)C. The molecule has 2 unspecified atom stereocenters. The molecular weight excluding hydrogens is 206 g/mol. The van der Waals surface area contributed by atoms with Gasteiger partial charge < -0.3 is 9.94 Å². The van der Waals surface area contributed by atoms with Crippen molar-refractivity contribution in [2.75, 3.05) is 0 Å². The quantitative estimate of drug-likeness (QED) is 0.473. The summed E-state index contributed by atoms with van der Waals surface area (Å²) in [5, 5.41) is 12.6. The molecule has 16 heavy (non-hydrogen) atoms.